The normalized spacial score (nSPS) is 13.7. The van der Waals surface area contributed by atoms with Gasteiger partial charge in [0.15, 0.2) is 0 Å². The molecule has 0 aliphatic carbocycles. The van der Waals surface area contributed by atoms with Gasteiger partial charge >= 0.3 is 6.03 Å². The van der Waals surface area contributed by atoms with Gasteiger partial charge in [0.1, 0.15) is 0 Å². The highest BCUT2D eigenvalue weighted by molar-refractivity contribution is 6.04. The number of carbonyl (C=O) groups is 3. The molecule has 26 heavy (non-hydrogen) atoms. The number of hydrogen-bond acceptors (Lipinski definition) is 3. The molecule has 6 heteroatoms. The van der Waals surface area contributed by atoms with Crippen LogP contribution in [0.4, 0.5) is 10.5 Å². The van der Waals surface area contributed by atoms with E-state index in [1.165, 1.54) is 5.56 Å². The minimum atomic E-state index is -0.386. The highest BCUT2D eigenvalue weighted by Crippen LogP contribution is 2.14. The van der Waals surface area contributed by atoms with Gasteiger partial charge in [0, 0.05) is 11.3 Å². The van der Waals surface area contributed by atoms with Crippen molar-refractivity contribution in [1.82, 2.24) is 10.2 Å². The predicted molar refractivity (Wildman–Crippen MR) is 98.8 cm³/mol. The summed E-state index contributed by atoms with van der Waals surface area (Å²) in [4.78, 5) is 36.7. The lowest BCUT2D eigenvalue weighted by atomic mass is 10.1. The van der Waals surface area contributed by atoms with E-state index in [0.717, 1.165) is 29.0 Å². The SMILES string of the molecule is CCCc1ccc(NC(=O)c2ccc(CN3C(=O)CNC3=O)cc2)cc1. The standard InChI is InChI=1S/C20H21N3O3/c1-2-3-14-6-10-17(11-7-14)22-19(25)16-8-4-15(5-9-16)13-23-18(24)12-21-20(23)26/h4-11H,2-3,12-13H2,1H3,(H,21,26)(H,22,25). The van der Waals surface area contributed by atoms with Crippen LogP contribution < -0.4 is 10.6 Å². The second-order valence-corrected chi connectivity index (χ2v) is 6.24. The first-order valence-corrected chi connectivity index (χ1v) is 8.64. The van der Waals surface area contributed by atoms with Crippen LogP contribution in [-0.2, 0) is 17.8 Å². The van der Waals surface area contributed by atoms with Gasteiger partial charge in [-0.05, 0) is 41.8 Å². The zero-order chi connectivity index (χ0) is 18.5. The Kier molecular flexibility index (Phi) is 5.31. The topological polar surface area (TPSA) is 78.5 Å². The van der Waals surface area contributed by atoms with Crippen molar-refractivity contribution in [3.8, 4) is 0 Å². The molecule has 1 aliphatic rings. The minimum absolute atomic E-state index is 0.0381. The van der Waals surface area contributed by atoms with Crippen molar-refractivity contribution in [3.05, 3.63) is 65.2 Å². The summed E-state index contributed by atoms with van der Waals surface area (Å²) in [7, 11) is 0. The molecule has 0 saturated carbocycles. The Labute approximate surface area is 152 Å². The molecular weight excluding hydrogens is 330 g/mol. The number of rotatable bonds is 6. The lowest BCUT2D eigenvalue weighted by Gasteiger charge is -2.12. The first kappa shape index (κ1) is 17.7. The molecule has 2 N–H and O–H groups in total. The molecule has 0 bridgehead atoms. The molecule has 1 fully saturated rings. The van der Waals surface area contributed by atoms with Crippen LogP contribution in [0.3, 0.4) is 0 Å². The Morgan fingerprint density at radius 1 is 1.04 bits per heavy atom. The largest absolute Gasteiger partial charge is 0.329 e. The number of anilines is 1. The maximum Gasteiger partial charge on any atom is 0.324 e. The van der Waals surface area contributed by atoms with E-state index in [1.807, 2.05) is 24.3 Å². The van der Waals surface area contributed by atoms with Gasteiger partial charge in [-0.15, -0.1) is 0 Å². The van der Waals surface area contributed by atoms with Crippen LogP contribution in [0.1, 0.15) is 34.8 Å². The lowest BCUT2D eigenvalue weighted by Crippen LogP contribution is -2.30. The van der Waals surface area contributed by atoms with E-state index in [9.17, 15) is 14.4 Å². The van der Waals surface area contributed by atoms with Crippen molar-refractivity contribution in [2.24, 2.45) is 0 Å². The Morgan fingerprint density at radius 2 is 1.69 bits per heavy atom. The minimum Gasteiger partial charge on any atom is -0.329 e. The summed E-state index contributed by atoms with van der Waals surface area (Å²) in [5.41, 5.74) is 3.30. The summed E-state index contributed by atoms with van der Waals surface area (Å²) < 4.78 is 0. The van der Waals surface area contributed by atoms with Gasteiger partial charge in [-0.2, -0.15) is 0 Å². The van der Waals surface area contributed by atoms with Gasteiger partial charge in [-0.25, -0.2) is 4.79 Å². The fraction of sp³-hybridized carbons (Fsp3) is 0.250. The molecule has 0 unspecified atom stereocenters. The van der Waals surface area contributed by atoms with Crippen LogP contribution in [-0.4, -0.2) is 29.3 Å². The highest BCUT2D eigenvalue weighted by Gasteiger charge is 2.28. The van der Waals surface area contributed by atoms with Crippen molar-refractivity contribution in [2.45, 2.75) is 26.3 Å². The third-order valence-electron chi connectivity index (χ3n) is 4.24. The maximum atomic E-state index is 12.3. The number of aryl methyl sites for hydroxylation is 1. The van der Waals surface area contributed by atoms with Crippen LogP contribution in [0.2, 0.25) is 0 Å². The smallest absolute Gasteiger partial charge is 0.324 e. The number of imide groups is 1. The van der Waals surface area contributed by atoms with E-state index in [4.69, 9.17) is 0 Å². The quantitative estimate of drug-likeness (QED) is 0.786. The monoisotopic (exact) mass is 351 g/mol. The third-order valence-corrected chi connectivity index (χ3v) is 4.24. The lowest BCUT2D eigenvalue weighted by molar-refractivity contribution is -0.125. The van der Waals surface area contributed by atoms with E-state index >= 15 is 0 Å². The van der Waals surface area contributed by atoms with Gasteiger partial charge in [-0.1, -0.05) is 37.6 Å². The second-order valence-electron chi connectivity index (χ2n) is 6.24. The van der Waals surface area contributed by atoms with Gasteiger partial charge in [-0.3, -0.25) is 14.5 Å². The Bertz CT molecular complexity index is 797. The van der Waals surface area contributed by atoms with Gasteiger partial charge < -0.3 is 10.6 Å². The van der Waals surface area contributed by atoms with Crippen LogP contribution in [0, 0.1) is 0 Å². The van der Waals surface area contributed by atoms with E-state index in [2.05, 4.69) is 17.6 Å². The van der Waals surface area contributed by atoms with Crippen molar-refractivity contribution >= 4 is 23.5 Å². The summed E-state index contributed by atoms with van der Waals surface area (Å²) >= 11 is 0. The molecule has 2 aromatic rings. The fourth-order valence-corrected chi connectivity index (χ4v) is 2.81. The van der Waals surface area contributed by atoms with Crippen LogP contribution in [0.5, 0.6) is 0 Å². The number of nitrogens with one attached hydrogen (secondary N) is 2. The van der Waals surface area contributed by atoms with Crippen molar-refractivity contribution in [3.63, 3.8) is 0 Å². The molecule has 0 spiro atoms. The van der Waals surface area contributed by atoms with Crippen LogP contribution >= 0.6 is 0 Å². The molecule has 0 aromatic heterocycles. The number of urea groups is 1. The highest BCUT2D eigenvalue weighted by atomic mass is 16.2. The molecule has 4 amide bonds. The average Bonchev–Trinajstić information content (AvgIpc) is 2.96. The molecular formula is C20H21N3O3. The summed E-state index contributed by atoms with van der Waals surface area (Å²) in [5.74, 6) is -0.446. The van der Waals surface area contributed by atoms with E-state index < -0.39 is 0 Å². The van der Waals surface area contributed by atoms with Crippen molar-refractivity contribution < 1.29 is 14.4 Å². The van der Waals surface area contributed by atoms with Gasteiger partial charge in [0.25, 0.3) is 5.91 Å². The summed E-state index contributed by atoms with van der Waals surface area (Å²) in [6.07, 6.45) is 2.11. The first-order chi connectivity index (χ1) is 12.6. The average molecular weight is 351 g/mol. The molecule has 3 rings (SSSR count). The number of hydrogen-bond donors (Lipinski definition) is 2. The van der Waals surface area contributed by atoms with E-state index in [1.54, 1.807) is 24.3 Å². The molecule has 6 nitrogen and oxygen atoms in total. The summed E-state index contributed by atoms with van der Waals surface area (Å²) in [5, 5.41) is 5.35. The molecule has 134 valence electrons. The van der Waals surface area contributed by atoms with E-state index in [-0.39, 0.29) is 30.9 Å². The number of nitrogens with zero attached hydrogens (tertiary/aromatic N) is 1. The third kappa shape index (κ3) is 4.08. The zero-order valence-corrected chi connectivity index (χ0v) is 14.6. The summed E-state index contributed by atoms with van der Waals surface area (Å²) in [6, 6.07) is 14.3. The number of amides is 4. The maximum absolute atomic E-state index is 12.3. The fourth-order valence-electron chi connectivity index (χ4n) is 2.81. The predicted octanol–water partition coefficient (Wildman–Crippen LogP) is 2.94. The Morgan fingerprint density at radius 3 is 2.27 bits per heavy atom. The Balaban J connectivity index is 1.61. The molecule has 1 heterocycles. The van der Waals surface area contributed by atoms with Crippen molar-refractivity contribution in [1.29, 1.82) is 0 Å². The molecule has 1 aliphatic heterocycles. The molecule has 1 saturated heterocycles. The summed E-state index contributed by atoms with van der Waals surface area (Å²) in [6.45, 7) is 2.37. The molecule has 2 aromatic carbocycles. The molecule has 0 atom stereocenters. The van der Waals surface area contributed by atoms with Gasteiger partial charge in [0.2, 0.25) is 5.91 Å². The molecule has 0 radical (unpaired) electrons. The second kappa shape index (κ2) is 7.82. The zero-order valence-electron chi connectivity index (χ0n) is 14.6. The van der Waals surface area contributed by atoms with Crippen LogP contribution in [0.15, 0.2) is 48.5 Å². The van der Waals surface area contributed by atoms with Gasteiger partial charge in [0.05, 0.1) is 13.1 Å². The Hall–Kier alpha value is -3.15. The number of carbonyl (C=O) groups excluding carboxylic acids is 3. The van der Waals surface area contributed by atoms with E-state index in [0.29, 0.717) is 5.56 Å². The number of benzene rings is 2. The first-order valence-electron chi connectivity index (χ1n) is 8.64. The van der Waals surface area contributed by atoms with Crippen LogP contribution in [0.25, 0.3) is 0 Å². The van der Waals surface area contributed by atoms with Crippen molar-refractivity contribution in [2.75, 3.05) is 11.9 Å².